The van der Waals surface area contributed by atoms with Crippen molar-refractivity contribution in [2.45, 2.75) is 13.0 Å². The first kappa shape index (κ1) is 11.9. The van der Waals surface area contributed by atoms with Crippen LogP contribution < -0.4 is 16.0 Å². The summed E-state index contributed by atoms with van der Waals surface area (Å²) in [7, 11) is 1.48. The van der Waals surface area contributed by atoms with Crippen molar-refractivity contribution in [1.82, 2.24) is 20.9 Å². The summed E-state index contributed by atoms with van der Waals surface area (Å²) >= 11 is 0. The summed E-state index contributed by atoms with van der Waals surface area (Å²) in [6, 6.07) is -0.0341. The van der Waals surface area contributed by atoms with Crippen molar-refractivity contribution < 1.29 is 9.59 Å². The van der Waals surface area contributed by atoms with Crippen LogP contribution in [0.3, 0.4) is 0 Å². The highest BCUT2D eigenvalue weighted by molar-refractivity contribution is 5.95. The molecule has 1 rings (SSSR count). The maximum absolute atomic E-state index is 11.4. The Kier molecular flexibility index (Phi) is 4.51. The standard InChI is InChI=1S/C9H18N4O2/c1-3-13(7-4-11-5-7)6-8(14)12-9(15)10-2/h7,11H,3-6H2,1-2H3,(H2,10,12,14,15). The number of carbonyl (C=O) groups is 2. The molecule has 1 fully saturated rings. The molecular formula is C9H18N4O2. The van der Waals surface area contributed by atoms with Crippen LogP contribution >= 0.6 is 0 Å². The lowest BCUT2D eigenvalue weighted by Gasteiger charge is -2.37. The lowest BCUT2D eigenvalue weighted by atomic mass is 10.1. The van der Waals surface area contributed by atoms with Gasteiger partial charge in [0, 0.05) is 26.2 Å². The highest BCUT2D eigenvalue weighted by atomic mass is 16.2. The van der Waals surface area contributed by atoms with Crippen LogP contribution in [-0.2, 0) is 4.79 Å². The number of carbonyl (C=O) groups excluding carboxylic acids is 2. The van der Waals surface area contributed by atoms with Crippen molar-refractivity contribution in [3.05, 3.63) is 0 Å². The topological polar surface area (TPSA) is 73.5 Å². The van der Waals surface area contributed by atoms with Gasteiger partial charge in [-0.2, -0.15) is 0 Å². The molecule has 3 amide bonds. The Hall–Kier alpha value is -1.14. The second-order valence-corrected chi connectivity index (χ2v) is 3.50. The molecule has 86 valence electrons. The molecule has 0 aromatic carbocycles. The first-order valence-electron chi connectivity index (χ1n) is 5.13. The van der Waals surface area contributed by atoms with Crippen molar-refractivity contribution in [2.75, 3.05) is 33.2 Å². The van der Waals surface area contributed by atoms with Gasteiger partial charge in [-0.15, -0.1) is 0 Å². The molecule has 15 heavy (non-hydrogen) atoms. The monoisotopic (exact) mass is 214 g/mol. The minimum absolute atomic E-state index is 0.261. The van der Waals surface area contributed by atoms with Gasteiger partial charge < -0.3 is 10.6 Å². The van der Waals surface area contributed by atoms with E-state index in [1.54, 1.807) is 0 Å². The normalized spacial score (nSPS) is 15.9. The van der Waals surface area contributed by atoms with Crippen molar-refractivity contribution >= 4 is 11.9 Å². The largest absolute Gasteiger partial charge is 0.341 e. The molecule has 0 aromatic heterocycles. The van der Waals surface area contributed by atoms with Crippen LogP contribution in [0.25, 0.3) is 0 Å². The van der Waals surface area contributed by atoms with Crippen molar-refractivity contribution in [2.24, 2.45) is 0 Å². The van der Waals surface area contributed by atoms with Crippen LogP contribution in [0.5, 0.6) is 0 Å². The second kappa shape index (κ2) is 5.67. The van der Waals surface area contributed by atoms with E-state index in [4.69, 9.17) is 0 Å². The molecule has 6 nitrogen and oxygen atoms in total. The molecule has 0 radical (unpaired) electrons. The number of likely N-dealkylation sites (N-methyl/N-ethyl adjacent to an activating group) is 1. The van der Waals surface area contributed by atoms with Crippen LogP contribution in [0.4, 0.5) is 4.79 Å². The van der Waals surface area contributed by atoms with E-state index in [2.05, 4.69) is 20.9 Å². The number of amides is 3. The Bertz CT molecular complexity index is 240. The number of hydrogen-bond acceptors (Lipinski definition) is 4. The van der Waals surface area contributed by atoms with E-state index in [0.29, 0.717) is 6.04 Å². The first-order chi connectivity index (χ1) is 7.17. The SMILES string of the molecule is CCN(CC(=O)NC(=O)NC)C1CNC1. The lowest BCUT2D eigenvalue weighted by molar-refractivity contribution is -0.121. The number of imide groups is 1. The Morgan fingerprint density at radius 3 is 2.53 bits per heavy atom. The van der Waals surface area contributed by atoms with Gasteiger partial charge in [0.2, 0.25) is 5.91 Å². The smallest absolute Gasteiger partial charge is 0.321 e. The molecule has 1 heterocycles. The summed E-state index contributed by atoms with van der Waals surface area (Å²) in [5.74, 6) is -0.261. The van der Waals surface area contributed by atoms with E-state index in [-0.39, 0.29) is 12.5 Å². The van der Waals surface area contributed by atoms with Crippen LogP contribution in [0.1, 0.15) is 6.92 Å². The minimum atomic E-state index is -0.456. The molecule has 0 atom stereocenters. The van der Waals surface area contributed by atoms with E-state index < -0.39 is 6.03 Å². The zero-order chi connectivity index (χ0) is 11.3. The van der Waals surface area contributed by atoms with Crippen LogP contribution in [-0.4, -0.2) is 56.1 Å². The average Bonchev–Trinajstić information content (AvgIpc) is 2.13. The molecule has 0 bridgehead atoms. The quantitative estimate of drug-likeness (QED) is 0.546. The molecule has 1 aliphatic heterocycles. The maximum atomic E-state index is 11.4. The van der Waals surface area contributed by atoms with E-state index >= 15 is 0 Å². The number of urea groups is 1. The van der Waals surface area contributed by atoms with E-state index in [0.717, 1.165) is 19.6 Å². The Morgan fingerprint density at radius 2 is 2.13 bits per heavy atom. The third-order valence-corrected chi connectivity index (χ3v) is 2.51. The lowest BCUT2D eigenvalue weighted by Crippen LogP contribution is -2.59. The molecule has 1 saturated heterocycles. The minimum Gasteiger partial charge on any atom is -0.341 e. The molecule has 0 aliphatic carbocycles. The van der Waals surface area contributed by atoms with Crippen molar-refractivity contribution in [3.63, 3.8) is 0 Å². The van der Waals surface area contributed by atoms with Gasteiger partial charge in [0.05, 0.1) is 6.54 Å². The Balaban J connectivity index is 2.30. The Morgan fingerprint density at radius 1 is 1.47 bits per heavy atom. The Labute approximate surface area is 89.4 Å². The fraction of sp³-hybridized carbons (Fsp3) is 0.778. The molecule has 1 aliphatic rings. The molecular weight excluding hydrogens is 196 g/mol. The summed E-state index contributed by atoms with van der Waals surface area (Å²) in [6.45, 7) is 4.93. The van der Waals surface area contributed by atoms with Crippen LogP contribution in [0.2, 0.25) is 0 Å². The van der Waals surface area contributed by atoms with Gasteiger partial charge in [-0.25, -0.2) is 4.79 Å². The van der Waals surface area contributed by atoms with Gasteiger partial charge in [0.15, 0.2) is 0 Å². The highest BCUT2D eigenvalue weighted by Gasteiger charge is 2.25. The molecule has 0 unspecified atom stereocenters. The number of hydrogen-bond donors (Lipinski definition) is 3. The summed E-state index contributed by atoms with van der Waals surface area (Å²) in [5.41, 5.74) is 0. The van der Waals surface area contributed by atoms with E-state index in [1.165, 1.54) is 7.05 Å². The maximum Gasteiger partial charge on any atom is 0.321 e. The first-order valence-corrected chi connectivity index (χ1v) is 5.13. The summed E-state index contributed by atoms with van der Waals surface area (Å²) in [5, 5.41) is 7.74. The molecule has 0 spiro atoms. The zero-order valence-corrected chi connectivity index (χ0v) is 9.17. The van der Waals surface area contributed by atoms with Gasteiger partial charge in [0.25, 0.3) is 0 Å². The third-order valence-electron chi connectivity index (χ3n) is 2.51. The van der Waals surface area contributed by atoms with Gasteiger partial charge in [0.1, 0.15) is 0 Å². The fourth-order valence-electron chi connectivity index (χ4n) is 1.44. The highest BCUT2D eigenvalue weighted by Crippen LogP contribution is 2.03. The molecule has 0 saturated carbocycles. The fourth-order valence-corrected chi connectivity index (χ4v) is 1.44. The molecule has 6 heteroatoms. The van der Waals surface area contributed by atoms with Gasteiger partial charge in [-0.3, -0.25) is 15.0 Å². The number of nitrogens with one attached hydrogen (secondary N) is 3. The summed E-state index contributed by atoms with van der Waals surface area (Å²) in [6.07, 6.45) is 0. The van der Waals surface area contributed by atoms with Gasteiger partial charge >= 0.3 is 6.03 Å². The number of rotatable bonds is 4. The van der Waals surface area contributed by atoms with Crippen LogP contribution in [0.15, 0.2) is 0 Å². The van der Waals surface area contributed by atoms with Gasteiger partial charge in [-0.1, -0.05) is 6.92 Å². The second-order valence-electron chi connectivity index (χ2n) is 3.50. The zero-order valence-electron chi connectivity index (χ0n) is 9.17. The van der Waals surface area contributed by atoms with E-state index in [1.807, 2.05) is 6.92 Å². The number of nitrogens with zero attached hydrogens (tertiary/aromatic N) is 1. The average molecular weight is 214 g/mol. The predicted octanol–water partition coefficient (Wildman–Crippen LogP) is -1.26. The van der Waals surface area contributed by atoms with Gasteiger partial charge in [-0.05, 0) is 6.54 Å². The van der Waals surface area contributed by atoms with Crippen molar-refractivity contribution in [1.29, 1.82) is 0 Å². The molecule has 3 N–H and O–H groups in total. The third kappa shape index (κ3) is 3.49. The predicted molar refractivity (Wildman–Crippen MR) is 56.5 cm³/mol. The van der Waals surface area contributed by atoms with Crippen molar-refractivity contribution in [3.8, 4) is 0 Å². The van der Waals surface area contributed by atoms with E-state index in [9.17, 15) is 9.59 Å². The summed E-state index contributed by atoms with van der Waals surface area (Å²) in [4.78, 5) is 24.3. The van der Waals surface area contributed by atoms with Crippen LogP contribution in [0, 0.1) is 0 Å². The molecule has 0 aromatic rings. The summed E-state index contributed by atoms with van der Waals surface area (Å²) < 4.78 is 0.